The van der Waals surface area contributed by atoms with Gasteiger partial charge in [-0.05, 0) is 62.3 Å². The number of hydrogen-bond acceptors (Lipinski definition) is 15. The molecular formula is C24H27CrO15. The quantitative estimate of drug-likeness (QED) is 0.189. The van der Waals surface area contributed by atoms with Gasteiger partial charge in [0.1, 0.15) is 0 Å². The van der Waals surface area contributed by atoms with Gasteiger partial charge in [0.05, 0.1) is 17.9 Å². The molecule has 0 fully saturated rings. The largest absolute Gasteiger partial charge is 3.00 e. The summed E-state index contributed by atoms with van der Waals surface area (Å²) in [7, 11) is 0. The first-order valence-corrected chi connectivity index (χ1v) is 10.6. The topological polar surface area (TPSA) is 274 Å². The third-order valence-corrected chi connectivity index (χ3v) is 5.67. The van der Waals surface area contributed by atoms with E-state index in [-0.39, 0.29) is 17.4 Å². The van der Waals surface area contributed by atoms with Crippen molar-refractivity contribution in [2.75, 3.05) is 0 Å². The number of carbonyl (C=O) groups excluding carboxylic acids is 12. The van der Waals surface area contributed by atoms with E-state index in [1.54, 1.807) is 0 Å². The van der Waals surface area contributed by atoms with E-state index in [1.165, 1.54) is 0 Å². The first-order chi connectivity index (χ1) is 17.3. The summed E-state index contributed by atoms with van der Waals surface area (Å²) in [5, 5.41) is 31.7. The number of hydrogen-bond donors (Lipinski definition) is 0. The molecule has 0 N–H and O–H groups in total. The molecule has 0 aromatic rings. The summed E-state index contributed by atoms with van der Waals surface area (Å²) in [6.45, 7) is 7.86. The first-order valence-electron chi connectivity index (χ1n) is 10.6. The molecule has 0 aromatic heterocycles. The molecule has 0 aliphatic carbocycles. The molecule has 0 spiro atoms. The normalized spacial score (nSPS) is 10.4. The molecule has 0 atom stereocenters. The van der Waals surface area contributed by atoms with E-state index < -0.39 is 86.2 Å². The second-order valence-electron chi connectivity index (χ2n) is 8.12. The number of ketones is 9. The Labute approximate surface area is 238 Å². The van der Waals surface area contributed by atoms with Crippen LogP contribution in [0.3, 0.4) is 0 Å². The molecule has 40 heavy (non-hydrogen) atoms. The number of carboxylic acids is 3. The van der Waals surface area contributed by atoms with Gasteiger partial charge in [-0.15, -0.1) is 0 Å². The van der Waals surface area contributed by atoms with Crippen molar-refractivity contribution in [2.45, 2.75) is 62.3 Å². The minimum absolute atomic E-state index is 0. The second kappa shape index (κ2) is 16.2. The Morgan fingerprint density at radius 2 is 0.375 bits per heavy atom. The molecule has 0 rings (SSSR count). The van der Waals surface area contributed by atoms with Gasteiger partial charge >= 0.3 is 17.4 Å². The van der Waals surface area contributed by atoms with Crippen molar-refractivity contribution >= 4 is 70.0 Å². The van der Waals surface area contributed by atoms with Crippen LogP contribution in [0, 0.1) is 16.2 Å². The third kappa shape index (κ3) is 7.99. The molecule has 15 nitrogen and oxygen atoms in total. The van der Waals surface area contributed by atoms with E-state index >= 15 is 0 Å². The van der Waals surface area contributed by atoms with Gasteiger partial charge in [0.25, 0.3) is 0 Å². The zero-order chi connectivity index (χ0) is 32.4. The molecular weight excluding hydrogens is 580 g/mol. The SMILES string of the molecule is CC(=O)C(C(C)=O)(C(C)=O)C(=O)[O-].CC(=O)C(C(C)=O)(C(C)=O)C(=O)[O-].CC(=O)C(C(C)=O)(C(C)=O)C(=O)[O-].[Cr+3]. The van der Waals surface area contributed by atoms with Crippen molar-refractivity contribution in [2.24, 2.45) is 16.2 Å². The Morgan fingerprint density at radius 3 is 0.375 bits per heavy atom. The number of rotatable bonds is 12. The van der Waals surface area contributed by atoms with Crippen LogP contribution in [0.1, 0.15) is 62.3 Å². The fourth-order valence-electron chi connectivity index (χ4n) is 3.52. The van der Waals surface area contributed by atoms with Crippen molar-refractivity contribution in [3.05, 3.63) is 0 Å². The van der Waals surface area contributed by atoms with E-state index in [0.29, 0.717) is 0 Å². The molecule has 1 radical (unpaired) electrons. The van der Waals surface area contributed by atoms with Crippen LogP contribution in [0.25, 0.3) is 0 Å². The molecule has 16 heteroatoms. The van der Waals surface area contributed by atoms with Gasteiger partial charge in [0.15, 0.2) is 68.3 Å². The average Bonchev–Trinajstić information content (AvgIpc) is 2.66. The minimum Gasteiger partial charge on any atom is -0.548 e. The molecule has 0 bridgehead atoms. The van der Waals surface area contributed by atoms with Crippen molar-refractivity contribution in [1.82, 2.24) is 0 Å². The maximum Gasteiger partial charge on any atom is 3.00 e. The minimum atomic E-state index is -2.61. The van der Waals surface area contributed by atoms with Gasteiger partial charge in [0.2, 0.25) is 0 Å². The number of Topliss-reactive ketones (excluding diaryl/α,β-unsaturated/α-hetero) is 9. The fraction of sp³-hybridized carbons (Fsp3) is 0.500. The van der Waals surface area contributed by atoms with Crippen LogP contribution < -0.4 is 15.3 Å². The summed E-state index contributed by atoms with van der Waals surface area (Å²) < 4.78 is 0. The number of carbonyl (C=O) groups is 12. The van der Waals surface area contributed by atoms with E-state index in [1.807, 2.05) is 0 Å². The average molecular weight is 607 g/mol. The van der Waals surface area contributed by atoms with Crippen LogP contribution in [0.15, 0.2) is 0 Å². The van der Waals surface area contributed by atoms with E-state index in [0.717, 1.165) is 62.3 Å². The fourth-order valence-corrected chi connectivity index (χ4v) is 3.52. The van der Waals surface area contributed by atoms with Crippen molar-refractivity contribution in [3.8, 4) is 0 Å². The van der Waals surface area contributed by atoms with E-state index in [2.05, 4.69) is 0 Å². The Morgan fingerprint density at radius 1 is 0.300 bits per heavy atom. The molecule has 0 unspecified atom stereocenters. The Balaban J connectivity index is -0.000000240. The van der Waals surface area contributed by atoms with Crippen LogP contribution in [-0.2, 0) is 74.9 Å². The Hall–Kier alpha value is -4.03. The number of aliphatic carboxylic acids is 3. The van der Waals surface area contributed by atoms with Gasteiger partial charge in [-0.2, -0.15) is 0 Å². The van der Waals surface area contributed by atoms with Gasteiger partial charge in [0, 0.05) is 0 Å². The van der Waals surface area contributed by atoms with E-state index in [4.69, 9.17) is 0 Å². The van der Waals surface area contributed by atoms with Crippen LogP contribution in [-0.4, -0.2) is 70.0 Å². The van der Waals surface area contributed by atoms with Gasteiger partial charge in [-0.1, -0.05) is 0 Å². The molecule has 0 aliphatic heterocycles. The van der Waals surface area contributed by atoms with Crippen molar-refractivity contribution in [3.63, 3.8) is 0 Å². The predicted molar refractivity (Wildman–Crippen MR) is 118 cm³/mol. The third-order valence-electron chi connectivity index (χ3n) is 5.67. The molecule has 0 aliphatic rings. The van der Waals surface area contributed by atoms with Crippen molar-refractivity contribution in [1.29, 1.82) is 0 Å². The van der Waals surface area contributed by atoms with Crippen LogP contribution in [0.2, 0.25) is 0 Å². The molecule has 0 amide bonds. The van der Waals surface area contributed by atoms with E-state index in [9.17, 15) is 72.9 Å². The number of carboxylic acid groups (broad SMARTS) is 3. The van der Waals surface area contributed by atoms with Gasteiger partial charge in [-0.25, -0.2) is 0 Å². The monoisotopic (exact) mass is 607 g/mol. The second-order valence-corrected chi connectivity index (χ2v) is 8.12. The van der Waals surface area contributed by atoms with Crippen LogP contribution >= 0.6 is 0 Å². The van der Waals surface area contributed by atoms with Crippen LogP contribution in [0.4, 0.5) is 0 Å². The molecule has 0 saturated carbocycles. The van der Waals surface area contributed by atoms with Crippen molar-refractivity contribution < 1.29 is 90.2 Å². The summed E-state index contributed by atoms with van der Waals surface area (Å²) in [6.07, 6.45) is 0. The summed E-state index contributed by atoms with van der Waals surface area (Å²) in [5.74, 6) is -15.1. The maximum absolute atomic E-state index is 10.9. The summed E-state index contributed by atoms with van der Waals surface area (Å²) in [5.41, 5.74) is -7.83. The standard InChI is InChI=1S/3C8H10O5.Cr/c3*1-4(9)8(5(2)10,6(3)11)7(12)13;/h3*1-3H3,(H,12,13);/q;;;+3/p-3. The summed E-state index contributed by atoms with van der Waals surface area (Å²) in [4.78, 5) is 130. The predicted octanol–water partition coefficient (Wildman–Crippen LogP) is -4.53. The maximum atomic E-state index is 10.9. The zero-order valence-electron chi connectivity index (χ0n) is 23.0. The summed E-state index contributed by atoms with van der Waals surface area (Å²) in [6, 6.07) is 0. The van der Waals surface area contributed by atoms with Gasteiger partial charge in [-0.3, -0.25) is 43.2 Å². The van der Waals surface area contributed by atoms with Crippen LogP contribution in [0.5, 0.6) is 0 Å². The Kier molecular flexibility index (Phi) is 17.4. The summed E-state index contributed by atoms with van der Waals surface area (Å²) >= 11 is 0. The first kappa shape index (κ1) is 43.0. The Bertz CT molecular complexity index is 832. The molecule has 0 saturated heterocycles. The molecule has 0 heterocycles. The zero-order valence-corrected chi connectivity index (χ0v) is 24.3. The van der Waals surface area contributed by atoms with Gasteiger partial charge < -0.3 is 29.7 Å². The molecule has 0 aromatic carbocycles. The molecule has 219 valence electrons. The smallest absolute Gasteiger partial charge is 0.548 e.